The molecule has 0 bridgehead atoms. The van der Waals surface area contributed by atoms with Crippen molar-refractivity contribution in [3.05, 3.63) is 24.3 Å². The van der Waals surface area contributed by atoms with E-state index in [2.05, 4.69) is 36.1 Å². The van der Waals surface area contributed by atoms with Crippen molar-refractivity contribution in [2.24, 2.45) is 0 Å². The van der Waals surface area contributed by atoms with Gasteiger partial charge in [0.15, 0.2) is 0 Å². The van der Waals surface area contributed by atoms with Gasteiger partial charge in [-0.1, -0.05) is 19.8 Å². The van der Waals surface area contributed by atoms with Crippen molar-refractivity contribution in [1.82, 2.24) is 14.7 Å². The van der Waals surface area contributed by atoms with Gasteiger partial charge in [0.25, 0.3) is 0 Å². The molecule has 0 aromatic heterocycles. The van der Waals surface area contributed by atoms with Crippen LogP contribution >= 0.6 is 0 Å². The molecule has 0 atom stereocenters. The quantitative estimate of drug-likeness (QED) is 0.758. The molecule has 156 valence electrons. The number of carbonyl (C=O) groups is 1. The first-order valence-electron chi connectivity index (χ1n) is 10.7. The van der Waals surface area contributed by atoms with E-state index in [-0.39, 0.29) is 11.6 Å². The number of piperidine rings is 1. The van der Waals surface area contributed by atoms with Crippen LogP contribution in [-0.2, 0) is 0 Å². The summed E-state index contributed by atoms with van der Waals surface area (Å²) in [6, 6.07) is 7.70. The lowest BCUT2D eigenvalue weighted by Gasteiger charge is -2.52. The number of rotatable bonds is 6. The van der Waals surface area contributed by atoms with Gasteiger partial charge in [-0.15, -0.1) is 0 Å². The average molecular weight is 389 g/mol. The van der Waals surface area contributed by atoms with Gasteiger partial charge in [-0.2, -0.15) is 0 Å². The molecule has 0 radical (unpaired) electrons. The Morgan fingerprint density at radius 1 is 1.07 bits per heavy atom. The van der Waals surface area contributed by atoms with Crippen molar-refractivity contribution >= 4 is 11.7 Å². The molecule has 2 amide bonds. The Hall–Kier alpha value is -1.79. The number of benzene rings is 1. The monoisotopic (exact) mass is 388 g/mol. The van der Waals surface area contributed by atoms with Crippen LogP contribution in [0.1, 0.15) is 39.0 Å². The molecule has 1 spiro atoms. The van der Waals surface area contributed by atoms with Crippen molar-refractivity contribution in [2.75, 3.05) is 58.7 Å². The van der Waals surface area contributed by atoms with E-state index in [1.807, 2.05) is 29.2 Å². The van der Waals surface area contributed by atoms with Gasteiger partial charge in [-0.05, 0) is 57.6 Å². The minimum absolute atomic E-state index is 0.00159. The minimum atomic E-state index is -0.00159. The Labute approximate surface area is 169 Å². The first kappa shape index (κ1) is 20.9. The van der Waals surface area contributed by atoms with E-state index in [0.717, 1.165) is 70.0 Å². The van der Waals surface area contributed by atoms with E-state index >= 15 is 0 Å². The molecule has 2 aliphatic heterocycles. The molecule has 0 aliphatic carbocycles. The smallest absolute Gasteiger partial charge is 0.321 e. The first-order chi connectivity index (χ1) is 13.5. The molecule has 6 nitrogen and oxygen atoms in total. The molecule has 28 heavy (non-hydrogen) atoms. The van der Waals surface area contributed by atoms with Crippen LogP contribution in [-0.4, -0.2) is 79.7 Å². The van der Waals surface area contributed by atoms with Gasteiger partial charge in [0.05, 0.1) is 6.61 Å². The number of hydrogen-bond acceptors (Lipinski definition) is 4. The van der Waals surface area contributed by atoms with E-state index in [9.17, 15) is 4.79 Å². The first-order valence-corrected chi connectivity index (χ1v) is 10.7. The zero-order valence-corrected chi connectivity index (χ0v) is 17.7. The summed E-state index contributed by atoms with van der Waals surface area (Å²) in [4.78, 5) is 19.5. The number of anilines is 1. The fraction of sp³-hybridized carbons (Fsp3) is 0.682. The molecule has 2 aliphatic rings. The SMILES string of the molecule is CCCCCOc1ccc(NC(=O)N2CCC3(CC2)CN(C)CCN3C)cc1. The third-order valence-electron chi connectivity index (χ3n) is 6.29. The molecule has 2 fully saturated rings. The third kappa shape index (κ3) is 5.17. The molecular weight excluding hydrogens is 352 g/mol. The number of hydrogen-bond donors (Lipinski definition) is 1. The highest BCUT2D eigenvalue weighted by atomic mass is 16.5. The number of piperazine rings is 1. The lowest BCUT2D eigenvalue weighted by atomic mass is 9.84. The molecular formula is C22H36N4O2. The summed E-state index contributed by atoms with van der Waals surface area (Å²) >= 11 is 0. The maximum atomic E-state index is 12.7. The van der Waals surface area contributed by atoms with Crippen LogP contribution in [0.5, 0.6) is 5.75 Å². The largest absolute Gasteiger partial charge is 0.494 e. The van der Waals surface area contributed by atoms with Gasteiger partial charge >= 0.3 is 6.03 Å². The van der Waals surface area contributed by atoms with Gasteiger partial charge in [0.1, 0.15) is 5.75 Å². The number of likely N-dealkylation sites (N-methyl/N-ethyl adjacent to an activating group) is 2. The normalized spacial score (nSPS) is 20.3. The van der Waals surface area contributed by atoms with Gasteiger partial charge < -0.3 is 19.9 Å². The maximum absolute atomic E-state index is 12.7. The molecule has 6 heteroatoms. The number of carbonyl (C=O) groups excluding carboxylic acids is 1. The summed E-state index contributed by atoms with van der Waals surface area (Å²) in [5.74, 6) is 0.860. The Morgan fingerprint density at radius 3 is 2.46 bits per heavy atom. The number of nitrogens with one attached hydrogen (secondary N) is 1. The van der Waals surface area contributed by atoms with Crippen molar-refractivity contribution in [3.63, 3.8) is 0 Å². The number of unbranched alkanes of at least 4 members (excludes halogenated alkanes) is 2. The van der Waals surface area contributed by atoms with Gasteiger partial charge in [0.2, 0.25) is 0 Å². The number of likely N-dealkylation sites (tertiary alicyclic amines) is 1. The van der Waals surface area contributed by atoms with Crippen molar-refractivity contribution < 1.29 is 9.53 Å². The second-order valence-electron chi connectivity index (χ2n) is 8.38. The highest BCUT2D eigenvalue weighted by molar-refractivity contribution is 5.89. The van der Waals surface area contributed by atoms with Crippen LogP contribution in [0.25, 0.3) is 0 Å². The lowest BCUT2D eigenvalue weighted by Crippen LogP contribution is -2.64. The summed E-state index contributed by atoms with van der Waals surface area (Å²) in [6.07, 6.45) is 5.53. The molecule has 1 aromatic carbocycles. The highest BCUT2D eigenvalue weighted by Crippen LogP contribution is 2.31. The standard InChI is InChI=1S/C22H36N4O2/c1-4-5-6-17-28-20-9-7-19(8-10-20)23-21(27)26-13-11-22(12-14-26)18-24(2)15-16-25(22)3/h7-10H,4-6,11-18H2,1-3H3,(H,23,27). The molecule has 1 aromatic rings. The van der Waals surface area contributed by atoms with Crippen LogP contribution in [0.4, 0.5) is 10.5 Å². The Balaban J connectivity index is 1.46. The summed E-state index contributed by atoms with van der Waals surface area (Å²) < 4.78 is 5.74. The predicted molar refractivity (Wildman–Crippen MR) is 114 cm³/mol. The van der Waals surface area contributed by atoms with E-state index in [0.29, 0.717) is 0 Å². The van der Waals surface area contributed by atoms with Crippen LogP contribution < -0.4 is 10.1 Å². The number of ether oxygens (including phenoxy) is 1. The Morgan fingerprint density at radius 2 is 1.79 bits per heavy atom. The summed E-state index contributed by atoms with van der Waals surface area (Å²) in [7, 11) is 4.43. The van der Waals surface area contributed by atoms with Crippen molar-refractivity contribution in [3.8, 4) is 5.75 Å². The van der Waals surface area contributed by atoms with Crippen LogP contribution in [0.2, 0.25) is 0 Å². The zero-order valence-electron chi connectivity index (χ0n) is 17.7. The zero-order chi connectivity index (χ0) is 20.0. The van der Waals surface area contributed by atoms with E-state index in [4.69, 9.17) is 4.74 Å². The third-order valence-corrected chi connectivity index (χ3v) is 6.29. The number of urea groups is 1. The molecule has 0 saturated carbocycles. The summed E-state index contributed by atoms with van der Waals surface area (Å²) in [5.41, 5.74) is 1.04. The Kier molecular flexibility index (Phi) is 7.18. The van der Waals surface area contributed by atoms with Crippen molar-refractivity contribution in [2.45, 2.75) is 44.6 Å². The van der Waals surface area contributed by atoms with Crippen LogP contribution in [0.3, 0.4) is 0 Å². The average Bonchev–Trinajstić information content (AvgIpc) is 2.70. The lowest BCUT2D eigenvalue weighted by molar-refractivity contribution is -0.0110. The molecule has 2 saturated heterocycles. The second kappa shape index (κ2) is 9.61. The van der Waals surface area contributed by atoms with E-state index < -0.39 is 0 Å². The van der Waals surface area contributed by atoms with Gasteiger partial charge in [-0.25, -0.2) is 4.79 Å². The highest BCUT2D eigenvalue weighted by Gasteiger charge is 2.42. The summed E-state index contributed by atoms with van der Waals surface area (Å²) in [6.45, 7) is 7.88. The second-order valence-corrected chi connectivity index (χ2v) is 8.38. The van der Waals surface area contributed by atoms with Crippen LogP contribution in [0, 0.1) is 0 Å². The van der Waals surface area contributed by atoms with Crippen LogP contribution in [0.15, 0.2) is 24.3 Å². The predicted octanol–water partition coefficient (Wildman–Crippen LogP) is 3.50. The van der Waals surface area contributed by atoms with E-state index in [1.165, 1.54) is 12.8 Å². The van der Waals surface area contributed by atoms with Gasteiger partial charge in [0, 0.05) is 44.0 Å². The topological polar surface area (TPSA) is 48.1 Å². The number of amides is 2. The fourth-order valence-electron chi connectivity index (χ4n) is 4.31. The summed E-state index contributed by atoms with van der Waals surface area (Å²) in [5, 5.41) is 3.03. The molecule has 0 unspecified atom stereocenters. The molecule has 1 N–H and O–H groups in total. The minimum Gasteiger partial charge on any atom is -0.494 e. The van der Waals surface area contributed by atoms with Gasteiger partial charge in [-0.3, -0.25) is 4.90 Å². The molecule has 3 rings (SSSR count). The maximum Gasteiger partial charge on any atom is 0.321 e. The van der Waals surface area contributed by atoms with E-state index in [1.54, 1.807) is 0 Å². The fourth-order valence-corrected chi connectivity index (χ4v) is 4.31. The number of nitrogens with zero attached hydrogens (tertiary/aromatic N) is 3. The Bertz CT molecular complexity index is 626. The van der Waals surface area contributed by atoms with Crippen molar-refractivity contribution in [1.29, 1.82) is 0 Å². The molecule has 2 heterocycles.